The molecule has 5 heteroatoms. The number of amides is 1. The second-order valence-electron chi connectivity index (χ2n) is 5.69. The van der Waals surface area contributed by atoms with Crippen LogP contribution in [0.5, 0.6) is 0 Å². The number of nitrogens with one attached hydrogen (secondary N) is 1. The molecule has 21 heavy (non-hydrogen) atoms. The Labute approximate surface area is 128 Å². The lowest BCUT2D eigenvalue weighted by molar-refractivity contribution is -0.122. The Morgan fingerprint density at radius 3 is 2.43 bits per heavy atom. The van der Waals surface area contributed by atoms with Gasteiger partial charge in [0.05, 0.1) is 6.20 Å². The summed E-state index contributed by atoms with van der Waals surface area (Å²) in [5, 5.41) is 6.93. The Hall–Kier alpha value is -1.36. The monoisotopic (exact) mass is 294 g/mol. The van der Waals surface area contributed by atoms with E-state index in [-0.39, 0.29) is 5.91 Å². The molecule has 0 aliphatic rings. The van der Waals surface area contributed by atoms with Crippen LogP contribution in [0.4, 0.5) is 0 Å². The van der Waals surface area contributed by atoms with Gasteiger partial charge in [-0.2, -0.15) is 5.10 Å². The van der Waals surface area contributed by atoms with Crippen molar-refractivity contribution in [2.24, 2.45) is 12.8 Å². The van der Waals surface area contributed by atoms with Crippen LogP contribution in [0.1, 0.15) is 69.9 Å². The molecule has 1 aromatic heterocycles. The summed E-state index contributed by atoms with van der Waals surface area (Å²) in [6.45, 7) is 2.95. The van der Waals surface area contributed by atoms with Gasteiger partial charge in [0, 0.05) is 25.4 Å². The second kappa shape index (κ2) is 10.4. The average Bonchev–Trinajstić information content (AvgIpc) is 2.91. The van der Waals surface area contributed by atoms with E-state index < -0.39 is 6.04 Å². The highest BCUT2D eigenvalue weighted by Crippen LogP contribution is 2.09. The van der Waals surface area contributed by atoms with E-state index in [4.69, 9.17) is 5.73 Å². The Balaban J connectivity index is 2.03. The first-order valence-corrected chi connectivity index (χ1v) is 8.17. The van der Waals surface area contributed by atoms with Gasteiger partial charge in [0.25, 0.3) is 0 Å². The molecule has 0 bridgehead atoms. The summed E-state index contributed by atoms with van der Waals surface area (Å²) < 4.78 is 1.65. The Morgan fingerprint density at radius 1 is 1.24 bits per heavy atom. The smallest absolute Gasteiger partial charge is 0.241 e. The van der Waals surface area contributed by atoms with Crippen molar-refractivity contribution >= 4 is 5.91 Å². The summed E-state index contributed by atoms with van der Waals surface area (Å²) in [5.74, 6) is -0.119. The number of nitrogens with two attached hydrogens (primary N) is 1. The van der Waals surface area contributed by atoms with Gasteiger partial charge in [0.2, 0.25) is 5.91 Å². The van der Waals surface area contributed by atoms with Crippen LogP contribution in [-0.2, 0) is 11.8 Å². The fourth-order valence-corrected chi connectivity index (χ4v) is 2.33. The van der Waals surface area contributed by atoms with Crippen LogP contribution in [0.15, 0.2) is 12.4 Å². The molecule has 0 spiro atoms. The summed E-state index contributed by atoms with van der Waals surface area (Å²) in [6.07, 6.45) is 13.5. The first-order valence-electron chi connectivity index (χ1n) is 8.17. The minimum absolute atomic E-state index is 0.119. The molecule has 0 aromatic carbocycles. The number of nitrogens with zero attached hydrogens (tertiary/aromatic N) is 2. The molecule has 1 aromatic rings. The van der Waals surface area contributed by atoms with Crippen LogP contribution < -0.4 is 11.1 Å². The highest BCUT2D eigenvalue weighted by atomic mass is 16.2. The highest BCUT2D eigenvalue weighted by molar-refractivity contribution is 5.82. The number of rotatable bonds is 11. The molecule has 1 unspecified atom stereocenters. The highest BCUT2D eigenvalue weighted by Gasteiger charge is 2.16. The predicted molar refractivity (Wildman–Crippen MR) is 85.8 cm³/mol. The van der Waals surface area contributed by atoms with E-state index in [1.165, 1.54) is 44.9 Å². The molecule has 1 amide bonds. The number of aryl methyl sites for hydroxylation is 1. The van der Waals surface area contributed by atoms with Gasteiger partial charge in [0.1, 0.15) is 6.04 Å². The van der Waals surface area contributed by atoms with E-state index in [0.717, 1.165) is 12.0 Å². The molecule has 0 aliphatic heterocycles. The second-order valence-corrected chi connectivity index (χ2v) is 5.69. The van der Waals surface area contributed by atoms with E-state index in [2.05, 4.69) is 17.3 Å². The van der Waals surface area contributed by atoms with Gasteiger partial charge in [-0.25, -0.2) is 0 Å². The molecule has 0 fully saturated rings. The first kappa shape index (κ1) is 17.7. The third-order valence-electron chi connectivity index (χ3n) is 3.70. The van der Waals surface area contributed by atoms with Crippen molar-refractivity contribution in [3.8, 4) is 0 Å². The molecule has 3 N–H and O–H groups in total. The number of aromatic nitrogens is 2. The molecular formula is C16H30N4O. The zero-order valence-electron chi connectivity index (χ0n) is 13.5. The van der Waals surface area contributed by atoms with E-state index in [9.17, 15) is 4.79 Å². The van der Waals surface area contributed by atoms with Gasteiger partial charge in [0.15, 0.2) is 0 Å². The summed E-state index contributed by atoms with van der Waals surface area (Å²) in [7, 11) is 1.81. The van der Waals surface area contributed by atoms with E-state index in [1.54, 1.807) is 17.1 Å². The molecule has 1 heterocycles. The van der Waals surface area contributed by atoms with Crippen molar-refractivity contribution < 1.29 is 4.79 Å². The Morgan fingerprint density at radius 2 is 1.86 bits per heavy atom. The van der Waals surface area contributed by atoms with Crippen LogP contribution in [-0.4, -0.2) is 22.2 Å². The molecular weight excluding hydrogens is 264 g/mol. The van der Waals surface area contributed by atoms with E-state index in [0.29, 0.717) is 6.54 Å². The van der Waals surface area contributed by atoms with E-state index >= 15 is 0 Å². The lowest BCUT2D eigenvalue weighted by Gasteiger charge is -2.10. The zero-order valence-corrected chi connectivity index (χ0v) is 13.5. The lowest BCUT2D eigenvalue weighted by Crippen LogP contribution is -2.34. The maximum Gasteiger partial charge on any atom is 0.241 e. The van der Waals surface area contributed by atoms with Crippen LogP contribution in [0.25, 0.3) is 0 Å². The normalized spacial score (nSPS) is 12.3. The zero-order chi connectivity index (χ0) is 15.5. The number of carbonyl (C=O) groups is 1. The number of hydrogen-bond acceptors (Lipinski definition) is 3. The predicted octanol–water partition coefficient (Wildman–Crippen LogP) is 2.68. The summed E-state index contributed by atoms with van der Waals surface area (Å²) in [4.78, 5) is 11.9. The summed E-state index contributed by atoms with van der Waals surface area (Å²) >= 11 is 0. The minimum Gasteiger partial charge on any atom is -0.354 e. The maximum absolute atomic E-state index is 11.9. The number of carbonyl (C=O) groups excluding carboxylic acids is 1. The molecule has 0 radical (unpaired) electrons. The summed E-state index contributed by atoms with van der Waals surface area (Å²) in [6, 6.07) is -0.618. The molecule has 5 nitrogen and oxygen atoms in total. The molecule has 0 saturated carbocycles. The topological polar surface area (TPSA) is 72.9 Å². The lowest BCUT2D eigenvalue weighted by atomic mass is 10.1. The van der Waals surface area contributed by atoms with Crippen molar-refractivity contribution in [3.63, 3.8) is 0 Å². The third kappa shape index (κ3) is 7.27. The molecule has 0 saturated heterocycles. The third-order valence-corrected chi connectivity index (χ3v) is 3.70. The quantitative estimate of drug-likeness (QED) is 0.616. The maximum atomic E-state index is 11.9. The molecule has 0 aliphatic carbocycles. The van der Waals surface area contributed by atoms with Crippen LogP contribution in [0.3, 0.4) is 0 Å². The van der Waals surface area contributed by atoms with Crippen molar-refractivity contribution in [2.45, 2.75) is 64.3 Å². The molecule has 120 valence electrons. The SMILES string of the molecule is CCCCCCCCCCNC(=O)C(N)c1cnn(C)c1. The Bertz CT molecular complexity index is 403. The van der Waals surface area contributed by atoms with Crippen molar-refractivity contribution in [2.75, 3.05) is 6.54 Å². The largest absolute Gasteiger partial charge is 0.354 e. The fourth-order valence-electron chi connectivity index (χ4n) is 2.33. The van der Waals surface area contributed by atoms with Gasteiger partial charge in [-0.05, 0) is 6.42 Å². The van der Waals surface area contributed by atoms with Crippen LogP contribution in [0, 0.1) is 0 Å². The first-order chi connectivity index (χ1) is 10.1. The van der Waals surface area contributed by atoms with Crippen LogP contribution in [0.2, 0.25) is 0 Å². The standard InChI is InChI=1S/C16H30N4O/c1-3-4-5-6-7-8-9-10-11-18-16(21)15(17)14-12-19-20(2)13-14/h12-13,15H,3-11,17H2,1-2H3,(H,18,21). The number of hydrogen-bond donors (Lipinski definition) is 2. The van der Waals surface area contributed by atoms with Gasteiger partial charge >= 0.3 is 0 Å². The molecule has 1 atom stereocenters. The van der Waals surface area contributed by atoms with Crippen LogP contribution >= 0.6 is 0 Å². The van der Waals surface area contributed by atoms with Crippen molar-refractivity contribution in [3.05, 3.63) is 18.0 Å². The van der Waals surface area contributed by atoms with Gasteiger partial charge < -0.3 is 11.1 Å². The number of unbranched alkanes of at least 4 members (excludes halogenated alkanes) is 7. The average molecular weight is 294 g/mol. The van der Waals surface area contributed by atoms with E-state index in [1.807, 2.05) is 7.05 Å². The van der Waals surface area contributed by atoms with Gasteiger partial charge in [-0.3, -0.25) is 9.48 Å². The minimum atomic E-state index is -0.618. The van der Waals surface area contributed by atoms with Crippen molar-refractivity contribution in [1.29, 1.82) is 0 Å². The van der Waals surface area contributed by atoms with Crippen molar-refractivity contribution in [1.82, 2.24) is 15.1 Å². The Kier molecular flexibility index (Phi) is 8.74. The summed E-state index contributed by atoms with van der Waals surface area (Å²) in [5.41, 5.74) is 6.65. The van der Waals surface area contributed by atoms with Gasteiger partial charge in [-0.1, -0.05) is 51.9 Å². The van der Waals surface area contributed by atoms with Gasteiger partial charge in [-0.15, -0.1) is 0 Å². The fraction of sp³-hybridized carbons (Fsp3) is 0.750. The molecule has 1 rings (SSSR count).